The van der Waals surface area contributed by atoms with Crippen LogP contribution in [0.5, 0.6) is 0 Å². The summed E-state index contributed by atoms with van der Waals surface area (Å²) in [5, 5.41) is 14.2. The van der Waals surface area contributed by atoms with Crippen molar-refractivity contribution in [2.45, 2.75) is 12.6 Å². The van der Waals surface area contributed by atoms with E-state index in [0.29, 0.717) is 16.2 Å². The predicted molar refractivity (Wildman–Crippen MR) is 96.2 cm³/mol. The number of rotatable bonds is 6. The number of aromatic amines is 1. The van der Waals surface area contributed by atoms with E-state index in [-0.39, 0.29) is 0 Å². The van der Waals surface area contributed by atoms with Crippen LogP contribution < -0.4 is 5.32 Å². The highest BCUT2D eigenvalue weighted by Gasteiger charge is 2.15. The molecule has 1 aromatic carbocycles. The summed E-state index contributed by atoms with van der Waals surface area (Å²) in [6, 6.07) is 9.00. The molecule has 0 aliphatic rings. The van der Waals surface area contributed by atoms with Crippen molar-refractivity contribution < 1.29 is 5.11 Å². The van der Waals surface area contributed by atoms with Crippen LogP contribution in [-0.4, -0.2) is 45.6 Å². The smallest absolute Gasteiger partial charge is 0.178 e. The van der Waals surface area contributed by atoms with Gasteiger partial charge in [-0.2, -0.15) is 0 Å². The number of halogens is 1. The molecule has 0 saturated heterocycles. The van der Waals surface area contributed by atoms with Gasteiger partial charge in [0.1, 0.15) is 5.82 Å². The van der Waals surface area contributed by atoms with Gasteiger partial charge in [-0.1, -0.05) is 17.7 Å². The largest absolute Gasteiger partial charge is 0.369 e. The standard InChI is InChI=1S/C17H20ClN5O/c1-23(2)9-7-14-21-15-13(6-8-19-16(15)22-14)17(24)20-12-5-3-4-11(18)10-12/h3-6,8,10,17,20,24H,7,9H2,1-2H3,(H,19,21,22). The average Bonchev–Trinajstić information content (AvgIpc) is 2.95. The summed E-state index contributed by atoms with van der Waals surface area (Å²) < 4.78 is 0. The monoisotopic (exact) mass is 345 g/mol. The van der Waals surface area contributed by atoms with Gasteiger partial charge >= 0.3 is 0 Å². The van der Waals surface area contributed by atoms with Gasteiger partial charge in [0.25, 0.3) is 0 Å². The number of aromatic nitrogens is 3. The summed E-state index contributed by atoms with van der Waals surface area (Å²) in [4.78, 5) is 14.1. The van der Waals surface area contributed by atoms with Gasteiger partial charge in [-0.05, 0) is 38.4 Å². The Balaban J connectivity index is 1.85. The number of nitrogens with zero attached hydrogens (tertiary/aromatic N) is 3. The van der Waals surface area contributed by atoms with Crippen molar-refractivity contribution in [1.82, 2.24) is 19.9 Å². The molecule has 0 amide bonds. The molecule has 1 atom stereocenters. The third kappa shape index (κ3) is 3.84. The number of nitrogens with one attached hydrogen (secondary N) is 2. The van der Waals surface area contributed by atoms with Crippen molar-refractivity contribution in [2.24, 2.45) is 0 Å². The number of likely N-dealkylation sites (N-methyl/N-ethyl adjacent to an activating group) is 1. The first kappa shape index (κ1) is 16.7. The number of fused-ring (bicyclic) bond motifs is 1. The Bertz CT molecular complexity index is 833. The highest BCUT2D eigenvalue weighted by molar-refractivity contribution is 6.30. The summed E-state index contributed by atoms with van der Waals surface area (Å²) in [6.07, 6.45) is 1.55. The number of hydrogen-bond acceptors (Lipinski definition) is 5. The normalized spacial score (nSPS) is 12.7. The molecule has 3 aromatic rings. The zero-order chi connectivity index (χ0) is 17.1. The molecule has 0 saturated carbocycles. The van der Waals surface area contributed by atoms with Gasteiger partial charge in [0.15, 0.2) is 11.9 Å². The van der Waals surface area contributed by atoms with E-state index in [2.05, 4.69) is 25.2 Å². The first-order valence-corrected chi connectivity index (χ1v) is 8.09. The number of imidazole rings is 1. The SMILES string of the molecule is CN(C)CCc1nc2nccc(C(O)Nc3cccc(Cl)c3)c2[nH]1. The molecule has 2 heterocycles. The van der Waals surface area contributed by atoms with Gasteiger partial charge in [-0.3, -0.25) is 0 Å². The average molecular weight is 346 g/mol. The van der Waals surface area contributed by atoms with Crippen LogP contribution >= 0.6 is 11.6 Å². The Morgan fingerprint density at radius 3 is 2.92 bits per heavy atom. The van der Waals surface area contributed by atoms with Crippen molar-refractivity contribution in [3.63, 3.8) is 0 Å². The minimum Gasteiger partial charge on any atom is -0.369 e. The lowest BCUT2D eigenvalue weighted by molar-refractivity contribution is 0.209. The third-order valence-corrected chi connectivity index (χ3v) is 3.93. The summed E-state index contributed by atoms with van der Waals surface area (Å²) >= 11 is 5.98. The zero-order valence-corrected chi connectivity index (χ0v) is 14.4. The van der Waals surface area contributed by atoms with E-state index in [9.17, 15) is 5.11 Å². The van der Waals surface area contributed by atoms with Gasteiger partial charge in [0, 0.05) is 35.4 Å². The quantitative estimate of drug-likeness (QED) is 0.599. The van der Waals surface area contributed by atoms with Crippen molar-refractivity contribution in [3.8, 4) is 0 Å². The Hall–Kier alpha value is -2.15. The molecule has 126 valence electrons. The topological polar surface area (TPSA) is 77.1 Å². The number of H-pyrrole nitrogens is 1. The van der Waals surface area contributed by atoms with Crippen LogP contribution in [-0.2, 0) is 6.42 Å². The molecular formula is C17H20ClN5O. The Morgan fingerprint density at radius 2 is 2.17 bits per heavy atom. The van der Waals surface area contributed by atoms with E-state index in [4.69, 9.17) is 11.6 Å². The molecule has 1 unspecified atom stereocenters. The summed E-state index contributed by atoms with van der Waals surface area (Å²) in [7, 11) is 4.04. The number of anilines is 1. The molecule has 0 aliphatic carbocycles. The van der Waals surface area contributed by atoms with Crippen LogP contribution in [0.15, 0.2) is 36.5 Å². The fraction of sp³-hybridized carbons (Fsp3) is 0.294. The lowest BCUT2D eigenvalue weighted by atomic mass is 10.2. The minimum atomic E-state index is -0.892. The van der Waals surface area contributed by atoms with E-state index in [1.54, 1.807) is 24.4 Å². The van der Waals surface area contributed by atoms with Crippen LogP contribution in [0, 0.1) is 0 Å². The molecule has 0 bridgehead atoms. The lowest BCUT2D eigenvalue weighted by Gasteiger charge is -2.15. The van der Waals surface area contributed by atoms with E-state index in [0.717, 1.165) is 30.0 Å². The van der Waals surface area contributed by atoms with E-state index >= 15 is 0 Å². The van der Waals surface area contributed by atoms with Crippen LogP contribution in [0.3, 0.4) is 0 Å². The van der Waals surface area contributed by atoms with Gasteiger partial charge in [0.05, 0.1) is 5.52 Å². The molecule has 2 aromatic heterocycles. The van der Waals surface area contributed by atoms with E-state index in [1.165, 1.54) is 0 Å². The summed E-state index contributed by atoms with van der Waals surface area (Å²) in [6.45, 7) is 0.887. The van der Waals surface area contributed by atoms with Crippen LogP contribution in [0.2, 0.25) is 5.02 Å². The fourth-order valence-corrected chi connectivity index (χ4v) is 2.66. The van der Waals surface area contributed by atoms with Crippen LogP contribution in [0.25, 0.3) is 11.2 Å². The third-order valence-electron chi connectivity index (χ3n) is 3.69. The van der Waals surface area contributed by atoms with Gasteiger partial charge < -0.3 is 20.3 Å². The Labute approximate surface area is 145 Å². The maximum absolute atomic E-state index is 10.6. The molecular weight excluding hydrogens is 326 g/mol. The van der Waals surface area contributed by atoms with Crippen molar-refractivity contribution in [3.05, 3.63) is 52.9 Å². The summed E-state index contributed by atoms with van der Waals surface area (Å²) in [5.41, 5.74) is 2.79. The maximum Gasteiger partial charge on any atom is 0.178 e. The Kier molecular flexibility index (Phi) is 4.99. The van der Waals surface area contributed by atoms with E-state index < -0.39 is 6.23 Å². The first-order chi connectivity index (χ1) is 11.5. The number of aliphatic hydroxyl groups is 1. The second-order valence-electron chi connectivity index (χ2n) is 5.89. The van der Waals surface area contributed by atoms with Gasteiger partial charge in [-0.25, -0.2) is 9.97 Å². The number of benzene rings is 1. The van der Waals surface area contributed by atoms with Gasteiger partial charge in [-0.15, -0.1) is 0 Å². The number of hydrogen-bond donors (Lipinski definition) is 3. The molecule has 0 fully saturated rings. The molecule has 6 nitrogen and oxygen atoms in total. The second kappa shape index (κ2) is 7.17. The minimum absolute atomic E-state index is 0.605. The second-order valence-corrected chi connectivity index (χ2v) is 6.33. The molecule has 0 radical (unpaired) electrons. The van der Waals surface area contributed by atoms with Crippen molar-refractivity contribution >= 4 is 28.5 Å². The fourth-order valence-electron chi connectivity index (χ4n) is 2.47. The predicted octanol–water partition coefficient (Wildman–Crippen LogP) is 2.82. The first-order valence-electron chi connectivity index (χ1n) is 7.71. The van der Waals surface area contributed by atoms with Crippen molar-refractivity contribution in [1.29, 1.82) is 0 Å². The van der Waals surface area contributed by atoms with E-state index in [1.807, 2.05) is 26.2 Å². The highest BCUT2D eigenvalue weighted by atomic mass is 35.5. The van der Waals surface area contributed by atoms with Gasteiger partial charge in [0.2, 0.25) is 0 Å². The van der Waals surface area contributed by atoms with Crippen LogP contribution in [0.1, 0.15) is 17.6 Å². The molecule has 3 rings (SSSR count). The number of aliphatic hydroxyl groups excluding tert-OH is 1. The molecule has 3 N–H and O–H groups in total. The van der Waals surface area contributed by atoms with Crippen molar-refractivity contribution in [2.75, 3.05) is 26.0 Å². The molecule has 7 heteroatoms. The molecule has 0 aliphatic heterocycles. The Morgan fingerprint density at radius 1 is 1.33 bits per heavy atom. The van der Waals surface area contributed by atoms with Crippen LogP contribution in [0.4, 0.5) is 5.69 Å². The maximum atomic E-state index is 10.6. The molecule has 24 heavy (non-hydrogen) atoms. The summed E-state index contributed by atoms with van der Waals surface area (Å²) in [5.74, 6) is 0.855. The zero-order valence-electron chi connectivity index (χ0n) is 13.6. The highest BCUT2D eigenvalue weighted by Crippen LogP contribution is 2.24. The number of pyridine rings is 1. The molecule has 0 spiro atoms. The lowest BCUT2D eigenvalue weighted by Crippen LogP contribution is -2.15.